The van der Waals surface area contributed by atoms with E-state index in [0.717, 1.165) is 0 Å². The lowest BCUT2D eigenvalue weighted by Gasteiger charge is -2.31. The molecule has 1 aliphatic rings. The van der Waals surface area contributed by atoms with Crippen LogP contribution >= 0.6 is 0 Å². The number of hydrogen-bond acceptors (Lipinski definition) is 3. The summed E-state index contributed by atoms with van der Waals surface area (Å²) in [5.74, 6) is -0.659. The molecule has 1 heterocycles. The molecular formula is C19H20FN3O2. The maximum absolute atomic E-state index is 12.9. The molecule has 1 saturated heterocycles. The smallest absolute Gasteiger partial charge is 0.253 e. The first-order chi connectivity index (χ1) is 12.0. The zero-order chi connectivity index (χ0) is 17.8. The first kappa shape index (κ1) is 17.0. The number of rotatable bonds is 3. The summed E-state index contributed by atoms with van der Waals surface area (Å²) in [6.45, 7) is 1.05. The third kappa shape index (κ3) is 4.15. The van der Waals surface area contributed by atoms with Crippen LogP contribution in [0.5, 0.6) is 0 Å². The number of piperidine rings is 1. The number of hydrogen-bond donors (Lipinski definition) is 2. The second-order valence-corrected chi connectivity index (χ2v) is 6.19. The highest BCUT2D eigenvalue weighted by atomic mass is 19.1. The summed E-state index contributed by atoms with van der Waals surface area (Å²) < 4.78 is 12.9. The van der Waals surface area contributed by atoms with E-state index in [2.05, 4.69) is 5.32 Å². The first-order valence-electron chi connectivity index (χ1n) is 8.24. The van der Waals surface area contributed by atoms with Gasteiger partial charge in [-0.1, -0.05) is 6.07 Å². The Morgan fingerprint density at radius 1 is 1.08 bits per heavy atom. The van der Waals surface area contributed by atoms with Crippen molar-refractivity contribution in [1.29, 1.82) is 0 Å². The Hall–Kier alpha value is -2.89. The van der Waals surface area contributed by atoms with Crippen molar-refractivity contribution in [2.24, 2.45) is 5.92 Å². The average molecular weight is 341 g/mol. The fraction of sp³-hybridized carbons (Fsp3) is 0.263. The lowest BCUT2D eigenvalue weighted by atomic mass is 9.95. The molecule has 130 valence electrons. The van der Waals surface area contributed by atoms with Crippen molar-refractivity contribution in [2.45, 2.75) is 12.8 Å². The Balaban J connectivity index is 1.55. The lowest BCUT2D eigenvalue weighted by Crippen LogP contribution is -2.41. The van der Waals surface area contributed by atoms with Crippen LogP contribution in [0.1, 0.15) is 23.2 Å². The van der Waals surface area contributed by atoms with Crippen LogP contribution < -0.4 is 11.1 Å². The summed E-state index contributed by atoms with van der Waals surface area (Å²) in [4.78, 5) is 26.6. The van der Waals surface area contributed by atoms with E-state index in [4.69, 9.17) is 5.73 Å². The maximum Gasteiger partial charge on any atom is 0.253 e. The summed E-state index contributed by atoms with van der Waals surface area (Å²) in [7, 11) is 0. The van der Waals surface area contributed by atoms with Crippen LogP contribution in [0.15, 0.2) is 48.5 Å². The van der Waals surface area contributed by atoms with E-state index in [1.165, 1.54) is 24.3 Å². The van der Waals surface area contributed by atoms with Gasteiger partial charge in [-0.15, -0.1) is 0 Å². The zero-order valence-corrected chi connectivity index (χ0v) is 13.7. The number of likely N-dealkylation sites (tertiary alicyclic amines) is 1. The standard InChI is InChI=1S/C19H20FN3O2/c20-15-4-6-17(7-5-15)22-18(24)13-8-10-23(11-9-13)19(25)14-2-1-3-16(21)12-14/h1-7,12-13H,8-11,21H2,(H,22,24). The van der Waals surface area contributed by atoms with Crippen molar-refractivity contribution in [3.63, 3.8) is 0 Å². The van der Waals surface area contributed by atoms with Crippen LogP contribution in [0.25, 0.3) is 0 Å². The molecule has 0 aliphatic carbocycles. The predicted molar refractivity (Wildman–Crippen MR) is 94.5 cm³/mol. The van der Waals surface area contributed by atoms with Crippen LogP contribution in [-0.4, -0.2) is 29.8 Å². The van der Waals surface area contributed by atoms with Gasteiger partial charge in [-0.05, 0) is 55.3 Å². The molecule has 0 bridgehead atoms. The third-order valence-corrected chi connectivity index (χ3v) is 4.40. The summed E-state index contributed by atoms with van der Waals surface area (Å²) in [5, 5.41) is 2.80. The van der Waals surface area contributed by atoms with E-state index in [9.17, 15) is 14.0 Å². The van der Waals surface area contributed by atoms with Gasteiger partial charge < -0.3 is 16.0 Å². The van der Waals surface area contributed by atoms with Gasteiger partial charge in [0.25, 0.3) is 5.91 Å². The summed E-state index contributed by atoms with van der Waals surface area (Å²) in [6.07, 6.45) is 1.20. The average Bonchev–Trinajstić information content (AvgIpc) is 2.63. The molecule has 0 saturated carbocycles. The molecule has 0 radical (unpaired) electrons. The number of benzene rings is 2. The minimum Gasteiger partial charge on any atom is -0.399 e. The van der Waals surface area contributed by atoms with Gasteiger partial charge in [0.05, 0.1) is 0 Å². The number of nitrogens with two attached hydrogens (primary N) is 1. The number of carbonyl (C=O) groups excluding carboxylic acids is 2. The van der Waals surface area contributed by atoms with E-state index >= 15 is 0 Å². The molecule has 3 N–H and O–H groups in total. The highest BCUT2D eigenvalue weighted by Gasteiger charge is 2.27. The fourth-order valence-electron chi connectivity index (χ4n) is 2.98. The molecule has 0 unspecified atom stereocenters. The first-order valence-corrected chi connectivity index (χ1v) is 8.24. The quantitative estimate of drug-likeness (QED) is 0.843. The van der Waals surface area contributed by atoms with Gasteiger partial charge in [0.1, 0.15) is 5.82 Å². The molecular weight excluding hydrogens is 321 g/mol. The minimum absolute atomic E-state index is 0.0651. The van der Waals surface area contributed by atoms with Gasteiger partial charge in [0, 0.05) is 35.9 Å². The van der Waals surface area contributed by atoms with Crippen molar-refractivity contribution < 1.29 is 14.0 Å². The minimum atomic E-state index is -0.341. The third-order valence-electron chi connectivity index (χ3n) is 4.40. The number of nitrogens with one attached hydrogen (secondary N) is 1. The van der Waals surface area contributed by atoms with Crippen molar-refractivity contribution in [1.82, 2.24) is 4.90 Å². The maximum atomic E-state index is 12.9. The number of amides is 2. The summed E-state index contributed by atoms with van der Waals surface area (Å²) in [5.41, 5.74) is 7.42. The number of carbonyl (C=O) groups is 2. The van der Waals surface area contributed by atoms with E-state index in [0.29, 0.717) is 42.9 Å². The van der Waals surface area contributed by atoms with Crippen molar-refractivity contribution in [3.05, 3.63) is 59.9 Å². The van der Waals surface area contributed by atoms with E-state index in [1.807, 2.05) is 0 Å². The van der Waals surface area contributed by atoms with Gasteiger partial charge in [0.2, 0.25) is 5.91 Å². The van der Waals surface area contributed by atoms with Crippen LogP contribution in [-0.2, 0) is 4.79 Å². The topological polar surface area (TPSA) is 75.4 Å². The SMILES string of the molecule is Nc1cccc(C(=O)N2CCC(C(=O)Nc3ccc(F)cc3)CC2)c1. The molecule has 2 amide bonds. The number of nitrogen functional groups attached to an aromatic ring is 1. The van der Waals surface area contributed by atoms with Gasteiger partial charge in [-0.25, -0.2) is 4.39 Å². The van der Waals surface area contributed by atoms with Crippen LogP contribution in [0.2, 0.25) is 0 Å². The Labute approximate surface area is 145 Å². The Bertz CT molecular complexity index is 768. The number of anilines is 2. The molecule has 0 spiro atoms. The molecule has 0 aromatic heterocycles. The van der Waals surface area contributed by atoms with E-state index in [-0.39, 0.29) is 23.5 Å². The molecule has 25 heavy (non-hydrogen) atoms. The Morgan fingerprint density at radius 2 is 1.76 bits per heavy atom. The number of halogens is 1. The predicted octanol–water partition coefficient (Wildman–Crippen LogP) is 2.90. The van der Waals surface area contributed by atoms with Crippen molar-refractivity contribution in [2.75, 3.05) is 24.1 Å². The van der Waals surface area contributed by atoms with Gasteiger partial charge in [0.15, 0.2) is 0 Å². The van der Waals surface area contributed by atoms with Crippen LogP contribution in [0, 0.1) is 11.7 Å². The second-order valence-electron chi connectivity index (χ2n) is 6.19. The largest absolute Gasteiger partial charge is 0.399 e. The van der Waals surface area contributed by atoms with Crippen LogP contribution in [0.3, 0.4) is 0 Å². The Kier molecular flexibility index (Phi) is 4.97. The highest BCUT2D eigenvalue weighted by Crippen LogP contribution is 2.21. The van der Waals surface area contributed by atoms with Crippen molar-refractivity contribution >= 4 is 23.2 Å². The molecule has 6 heteroatoms. The molecule has 5 nitrogen and oxygen atoms in total. The summed E-state index contributed by atoms with van der Waals surface area (Å²) in [6, 6.07) is 12.6. The molecule has 2 aromatic rings. The normalized spacial score (nSPS) is 15.0. The highest BCUT2D eigenvalue weighted by molar-refractivity contribution is 5.96. The molecule has 0 atom stereocenters. The lowest BCUT2D eigenvalue weighted by molar-refractivity contribution is -0.121. The van der Waals surface area contributed by atoms with E-state index in [1.54, 1.807) is 29.2 Å². The van der Waals surface area contributed by atoms with Gasteiger partial charge in [-0.3, -0.25) is 9.59 Å². The fourth-order valence-corrected chi connectivity index (χ4v) is 2.98. The second kappa shape index (κ2) is 7.34. The van der Waals surface area contributed by atoms with Gasteiger partial charge >= 0.3 is 0 Å². The summed E-state index contributed by atoms with van der Waals surface area (Å²) >= 11 is 0. The number of nitrogens with zero attached hydrogens (tertiary/aromatic N) is 1. The molecule has 1 aliphatic heterocycles. The monoisotopic (exact) mass is 341 g/mol. The van der Waals surface area contributed by atoms with Gasteiger partial charge in [-0.2, -0.15) is 0 Å². The van der Waals surface area contributed by atoms with E-state index < -0.39 is 0 Å². The molecule has 1 fully saturated rings. The van der Waals surface area contributed by atoms with Crippen LogP contribution in [0.4, 0.5) is 15.8 Å². The van der Waals surface area contributed by atoms with Crippen molar-refractivity contribution in [3.8, 4) is 0 Å². The zero-order valence-electron chi connectivity index (χ0n) is 13.7. The molecule has 2 aromatic carbocycles. The Morgan fingerprint density at radius 3 is 2.40 bits per heavy atom. The molecule has 3 rings (SSSR count).